The van der Waals surface area contributed by atoms with E-state index in [1.54, 1.807) is 0 Å². The number of hydrogen-bond donors (Lipinski definition) is 1. The lowest BCUT2D eigenvalue weighted by Gasteiger charge is -2.29. The van der Waals surface area contributed by atoms with Gasteiger partial charge in [0, 0.05) is 19.1 Å². The van der Waals surface area contributed by atoms with Crippen molar-refractivity contribution in [1.82, 2.24) is 4.90 Å². The summed E-state index contributed by atoms with van der Waals surface area (Å²) >= 11 is 0. The smallest absolute Gasteiger partial charge is 0.230 e. The maximum absolute atomic E-state index is 12.0. The fourth-order valence-corrected chi connectivity index (χ4v) is 1.70. The van der Waals surface area contributed by atoms with Crippen molar-refractivity contribution in [3.63, 3.8) is 0 Å². The second-order valence-electron chi connectivity index (χ2n) is 4.17. The zero-order chi connectivity index (χ0) is 10.1. The van der Waals surface area contributed by atoms with Crippen molar-refractivity contribution in [3.05, 3.63) is 0 Å². The van der Waals surface area contributed by atoms with Crippen molar-refractivity contribution < 1.29 is 4.79 Å². The van der Waals surface area contributed by atoms with Crippen LogP contribution in [0, 0.1) is 5.41 Å². The van der Waals surface area contributed by atoms with Gasteiger partial charge in [-0.05, 0) is 33.6 Å². The van der Waals surface area contributed by atoms with E-state index in [0.717, 1.165) is 19.4 Å². The summed E-state index contributed by atoms with van der Waals surface area (Å²) in [5, 5.41) is 0. The van der Waals surface area contributed by atoms with Gasteiger partial charge in [-0.2, -0.15) is 0 Å². The van der Waals surface area contributed by atoms with Crippen LogP contribution in [0.5, 0.6) is 0 Å². The molecule has 13 heavy (non-hydrogen) atoms. The van der Waals surface area contributed by atoms with Gasteiger partial charge in [-0.15, -0.1) is 0 Å². The van der Waals surface area contributed by atoms with Gasteiger partial charge in [0.05, 0.1) is 5.41 Å². The fourth-order valence-electron chi connectivity index (χ4n) is 1.70. The topological polar surface area (TPSA) is 46.3 Å². The minimum atomic E-state index is -0.180. The molecule has 0 saturated heterocycles. The second-order valence-corrected chi connectivity index (χ2v) is 4.17. The molecule has 0 atom stereocenters. The Morgan fingerprint density at radius 3 is 2.31 bits per heavy atom. The summed E-state index contributed by atoms with van der Waals surface area (Å²) in [4.78, 5) is 13.9. The molecule has 1 fully saturated rings. The molecule has 0 aromatic rings. The molecular weight excluding hydrogens is 164 g/mol. The highest BCUT2D eigenvalue weighted by molar-refractivity contribution is 5.85. The van der Waals surface area contributed by atoms with Crippen LogP contribution in [0.2, 0.25) is 0 Å². The van der Waals surface area contributed by atoms with E-state index >= 15 is 0 Å². The van der Waals surface area contributed by atoms with Crippen LogP contribution in [-0.2, 0) is 4.79 Å². The fraction of sp³-hybridized carbons (Fsp3) is 0.900. The molecule has 0 heterocycles. The van der Waals surface area contributed by atoms with Gasteiger partial charge < -0.3 is 10.6 Å². The summed E-state index contributed by atoms with van der Waals surface area (Å²) in [5.41, 5.74) is 5.43. The highest BCUT2D eigenvalue weighted by Crippen LogP contribution is 2.46. The van der Waals surface area contributed by atoms with Gasteiger partial charge in [0.2, 0.25) is 5.91 Å². The summed E-state index contributed by atoms with van der Waals surface area (Å²) in [6.45, 7) is 7.42. The minimum Gasteiger partial charge on any atom is -0.340 e. The average Bonchev–Trinajstić information content (AvgIpc) is 2.84. The third kappa shape index (κ3) is 1.85. The third-order valence-electron chi connectivity index (χ3n) is 2.92. The zero-order valence-electron chi connectivity index (χ0n) is 8.84. The molecule has 0 aromatic carbocycles. The molecule has 0 aliphatic heterocycles. The van der Waals surface area contributed by atoms with E-state index in [2.05, 4.69) is 0 Å². The predicted molar refractivity (Wildman–Crippen MR) is 53.2 cm³/mol. The van der Waals surface area contributed by atoms with Crippen LogP contribution in [0.3, 0.4) is 0 Å². The van der Waals surface area contributed by atoms with Crippen LogP contribution >= 0.6 is 0 Å². The van der Waals surface area contributed by atoms with Crippen molar-refractivity contribution in [2.45, 2.75) is 39.7 Å². The van der Waals surface area contributed by atoms with Crippen LogP contribution in [0.25, 0.3) is 0 Å². The number of hydrogen-bond acceptors (Lipinski definition) is 2. The third-order valence-corrected chi connectivity index (χ3v) is 2.92. The van der Waals surface area contributed by atoms with E-state index in [0.29, 0.717) is 12.6 Å². The summed E-state index contributed by atoms with van der Waals surface area (Å²) < 4.78 is 0. The van der Waals surface area contributed by atoms with E-state index in [-0.39, 0.29) is 11.3 Å². The number of amides is 1. The first-order valence-electron chi connectivity index (χ1n) is 5.08. The van der Waals surface area contributed by atoms with Crippen LogP contribution in [0.1, 0.15) is 33.6 Å². The van der Waals surface area contributed by atoms with Crippen molar-refractivity contribution in [2.24, 2.45) is 11.1 Å². The van der Waals surface area contributed by atoms with Gasteiger partial charge in [-0.3, -0.25) is 4.79 Å². The molecule has 1 aliphatic carbocycles. The average molecular weight is 184 g/mol. The molecule has 1 amide bonds. The molecule has 1 rings (SSSR count). The first-order chi connectivity index (χ1) is 6.07. The summed E-state index contributed by atoms with van der Waals surface area (Å²) in [6, 6.07) is 0.293. The molecule has 1 saturated carbocycles. The molecule has 0 spiro atoms. The van der Waals surface area contributed by atoms with Crippen LogP contribution in [0.4, 0.5) is 0 Å². The SMILES string of the molecule is CCN(C(=O)C1(CN)CC1)C(C)C. The Kier molecular flexibility index (Phi) is 2.96. The molecule has 0 bridgehead atoms. The maximum Gasteiger partial charge on any atom is 0.230 e. The first kappa shape index (κ1) is 10.5. The normalized spacial score (nSPS) is 18.8. The highest BCUT2D eigenvalue weighted by atomic mass is 16.2. The first-order valence-corrected chi connectivity index (χ1v) is 5.08. The van der Waals surface area contributed by atoms with Crippen LogP contribution < -0.4 is 5.73 Å². The van der Waals surface area contributed by atoms with Gasteiger partial charge >= 0.3 is 0 Å². The summed E-state index contributed by atoms with van der Waals surface area (Å²) in [7, 11) is 0. The molecule has 76 valence electrons. The van der Waals surface area contributed by atoms with E-state index < -0.39 is 0 Å². The van der Waals surface area contributed by atoms with Crippen molar-refractivity contribution in [1.29, 1.82) is 0 Å². The lowest BCUT2D eigenvalue weighted by atomic mass is 10.1. The van der Waals surface area contributed by atoms with Crippen molar-refractivity contribution >= 4 is 5.91 Å². The van der Waals surface area contributed by atoms with Crippen molar-refractivity contribution in [3.8, 4) is 0 Å². The largest absolute Gasteiger partial charge is 0.340 e. The van der Waals surface area contributed by atoms with Crippen LogP contribution in [-0.4, -0.2) is 29.9 Å². The molecule has 2 N–H and O–H groups in total. The predicted octanol–water partition coefficient (Wildman–Crippen LogP) is 0.982. The Labute approximate surface area is 80.3 Å². The lowest BCUT2D eigenvalue weighted by Crippen LogP contribution is -2.44. The monoisotopic (exact) mass is 184 g/mol. The number of carbonyl (C=O) groups is 1. The Morgan fingerprint density at radius 2 is 2.08 bits per heavy atom. The Balaban J connectivity index is 2.64. The molecule has 0 radical (unpaired) electrons. The van der Waals surface area contributed by atoms with E-state index in [9.17, 15) is 4.79 Å². The van der Waals surface area contributed by atoms with E-state index in [1.165, 1.54) is 0 Å². The maximum atomic E-state index is 12.0. The molecule has 1 aliphatic rings. The Bertz CT molecular complexity index is 197. The lowest BCUT2D eigenvalue weighted by molar-refractivity contribution is -0.138. The van der Waals surface area contributed by atoms with Gasteiger partial charge in [0.15, 0.2) is 0 Å². The molecule has 0 aromatic heterocycles. The van der Waals surface area contributed by atoms with E-state index in [4.69, 9.17) is 5.73 Å². The zero-order valence-corrected chi connectivity index (χ0v) is 8.84. The number of nitrogens with two attached hydrogens (primary N) is 1. The molecule has 3 nitrogen and oxygen atoms in total. The van der Waals surface area contributed by atoms with Gasteiger partial charge in [0.1, 0.15) is 0 Å². The van der Waals surface area contributed by atoms with Gasteiger partial charge in [-0.1, -0.05) is 0 Å². The number of carbonyl (C=O) groups excluding carboxylic acids is 1. The van der Waals surface area contributed by atoms with E-state index in [1.807, 2.05) is 25.7 Å². The summed E-state index contributed by atoms with van der Waals surface area (Å²) in [6.07, 6.45) is 1.96. The van der Waals surface area contributed by atoms with Gasteiger partial charge in [0.25, 0.3) is 0 Å². The minimum absolute atomic E-state index is 0.180. The number of nitrogens with zero attached hydrogens (tertiary/aromatic N) is 1. The molecular formula is C10H20N2O. The standard InChI is InChI=1S/C10H20N2O/c1-4-12(8(2)3)9(13)10(7-11)5-6-10/h8H,4-7,11H2,1-3H3. The highest BCUT2D eigenvalue weighted by Gasteiger charge is 2.50. The Hall–Kier alpha value is -0.570. The number of rotatable bonds is 4. The van der Waals surface area contributed by atoms with Gasteiger partial charge in [-0.25, -0.2) is 0 Å². The van der Waals surface area contributed by atoms with Crippen molar-refractivity contribution in [2.75, 3.05) is 13.1 Å². The summed E-state index contributed by atoms with van der Waals surface area (Å²) in [5.74, 6) is 0.257. The quantitative estimate of drug-likeness (QED) is 0.708. The molecule has 3 heteroatoms. The van der Waals surface area contributed by atoms with Crippen LogP contribution in [0.15, 0.2) is 0 Å². The second kappa shape index (κ2) is 3.66. The Morgan fingerprint density at radius 1 is 1.54 bits per heavy atom. The molecule has 0 unspecified atom stereocenters.